The number of fused-ring (bicyclic) bond motifs is 1. The predicted octanol–water partition coefficient (Wildman–Crippen LogP) is 3.47. The van der Waals surface area contributed by atoms with Crippen LogP contribution in [0.3, 0.4) is 0 Å². The molecule has 0 aliphatic rings. The Morgan fingerprint density at radius 2 is 2.00 bits per heavy atom. The summed E-state index contributed by atoms with van der Waals surface area (Å²) in [5.74, 6) is 0.566. The molecular formula is C16H22N2O. The van der Waals surface area contributed by atoms with Gasteiger partial charge in [0.15, 0.2) is 0 Å². The van der Waals surface area contributed by atoms with Crippen LogP contribution in [0.15, 0.2) is 35.4 Å². The van der Waals surface area contributed by atoms with Crippen molar-refractivity contribution in [3.63, 3.8) is 0 Å². The lowest BCUT2D eigenvalue weighted by molar-refractivity contribution is 0.238. The Morgan fingerprint density at radius 1 is 1.26 bits per heavy atom. The smallest absolute Gasteiger partial charge is 0.251 e. The lowest BCUT2D eigenvalue weighted by Gasteiger charge is -2.27. The summed E-state index contributed by atoms with van der Waals surface area (Å²) in [6.45, 7) is 9.74. The minimum Gasteiger partial charge on any atom is -0.308 e. The summed E-state index contributed by atoms with van der Waals surface area (Å²) in [6.07, 6.45) is 4.55. The maximum Gasteiger partial charge on any atom is 0.251 e. The van der Waals surface area contributed by atoms with Crippen molar-refractivity contribution in [1.82, 2.24) is 9.55 Å². The Hall–Kier alpha value is -1.64. The van der Waals surface area contributed by atoms with Gasteiger partial charge in [-0.1, -0.05) is 27.7 Å². The van der Waals surface area contributed by atoms with E-state index in [2.05, 4.69) is 32.7 Å². The molecule has 1 unspecified atom stereocenters. The van der Waals surface area contributed by atoms with Crippen molar-refractivity contribution in [1.29, 1.82) is 0 Å². The average molecular weight is 258 g/mol. The Bertz CT molecular complexity index is 622. The first-order valence-electron chi connectivity index (χ1n) is 6.83. The second-order valence-electron chi connectivity index (χ2n) is 6.31. The van der Waals surface area contributed by atoms with Crippen molar-refractivity contribution in [3.8, 4) is 0 Å². The fourth-order valence-electron chi connectivity index (χ4n) is 2.13. The molecule has 0 spiro atoms. The van der Waals surface area contributed by atoms with Gasteiger partial charge in [0.05, 0.1) is 5.52 Å². The van der Waals surface area contributed by atoms with E-state index in [1.165, 1.54) is 0 Å². The van der Waals surface area contributed by atoms with E-state index < -0.39 is 0 Å². The average Bonchev–Trinajstić information content (AvgIpc) is 2.36. The van der Waals surface area contributed by atoms with Crippen LogP contribution >= 0.6 is 0 Å². The summed E-state index contributed by atoms with van der Waals surface area (Å²) in [6, 6.07) is 5.39. The van der Waals surface area contributed by atoms with Gasteiger partial charge in [-0.15, -0.1) is 0 Å². The van der Waals surface area contributed by atoms with Crippen LogP contribution in [0.4, 0.5) is 0 Å². The van der Waals surface area contributed by atoms with Gasteiger partial charge in [0.25, 0.3) is 5.56 Å². The van der Waals surface area contributed by atoms with E-state index in [0.717, 1.165) is 23.9 Å². The van der Waals surface area contributed by atoms with Crippen LogP contribution < -0.4 is 5.56 Å². The third-order valence-corrected chi connectivity index (χ3v) is 4.05. The molecule has 3 nitrogen and oxygen atoms in total. The number of aryl methyl sites for hydroxylation is 1. The first kappa shape index (κ1) is 13.8. The van der Waals surface area contributed by atoms with Crippen molar-refractivity contribution in [2.24, 2.45) is 11.3 Å². The van der Waals surface area contributed by atoms with Crippen LogP contribution in [0.2, 0.25) is 0 Å². The molecule has 0 bridgehead atoms. The van der Waals surface area contributed by atoms with Crippen LogP contribution in [0, 0.1) is 11.3 Å². The summed E-state index contributed by atoms with van der Waals surface area (Å²) < 4.78 is 1.86. The molecule has 0 saturated carbocycles. The minimum absolute atomic E-state index is 0.0693. The highest BCUT2D eigenvalue weighted by molar-refractivity contribution is 5.77. The summed E-state index contributed by atoms with van der Waals surface area (Å²) >= 11 is 0. The Kier molecular flexibility index (Phi) is 3.74. The first-order chi connectivity index (χ1) is 8.89. The van der Waals surface area contributed by atoms with Crippen molar-refractivity contribution in [2.75, 3.05) is 0 Å². The van der Waals surface area contributed by atoms with Crippen molar-refractivity contribution in [2.45, 2.75) is 40.7 Å². The predicted molar refractivity (Wildman–Crippen MR) is 79.2 cm³/mol. The molecule has 0 fully saturated rings. The van der Waals surface area contributed by atoms with E-state index in [0.29, 0.717) is 5.92 Å². The number of nitrogens with zero attached hydrogens (tertiary/aromatic N) is 2. The van der Waals surface area contributed by atoms with Gasteiger partial charge in [-0.3, -0.25) is 9.78 Å². The standard InChI is InChI=1S/C16H22N2O/c1-12(16(2,3)4)8-10-18-14-7-9-17-11-13(14)5-6-15(18)19/h5-7,9,11-12H,8,10H2,1-4H3. The Morgan fingerprint density at radius 3 is 2.68 bits per heavy atom. The van der Waals surface area contributed by atoms with Gasteiger partial charge in [0.2, 0.25) is 0 Å². The Labute approximate surface area is 114 Å². The van der Waals surface area contributed by atoms with E-state index in [-0.39, 0.29) is 11.0 Å². The molecule has 0 amide bonds. The number of hydrogen-bond acceptors (Lipinski definition) is 2. The minimum atomic E-state index is 0.0693. The third kappa shape index (κ3) is 3.03. The summed E-state index contributed by atoms with van der Waals surface area (Å²) in [4.78, 5) is 16.1. The van der Waals surface area contributed by atoms with Crippen LogP contribution in [-0.2, 0) is 6.54 Å². The summed E-state index contributed by atoms with van der Waals surface area (Å²) in [5.41, 5.74) is 1.32. The zero-order valence-electron chi connectivity index (χ0n) is 12.2. The van der Waals surface area contributed by atoms with Gasteiger partial charge in [-0.25, -0.2) is 0 Å². The zero-order chi connectivity index (χ0) is 14.0. The molecule has 3 heteroatoms. The van der Waals surface area contributed by atoms with Crippen LogP contribution in [-0.4, -0.2) is 9.55 Å². The quantitative estimate of drug-likeness (QED) is 0.845. The van der Waals surface area contributed by atoms with Crippen LogP contribution in [0.5, 0.6) is 0 Å². The largest absolute Gasteiger partial charge is 0.308 e. The number of hydrogen-bond donors (Lipinski definition) is 0. The lowest BCUT2D eigenvalue weighted by Crippen LogP contribution is -2.24. The molecule has 19 heavy (non-hydrogen) atoms. The number of aromatic nitrogens is 2. The highest BCUT2D eigenvalue weighted by Crippen LogP contribution is 2.28. The van der Waals surface area contributed by atoms with Gasteiger partial charge in [-0.2, -0.15) is 0 Å². The second-order valence-corrected chi connectivity index (χ2v) is 6.31. The van der Waals surface area contributed by atoms with E-state index in [4.69, 9.17) is 0 Å². The maximum absolute atomic E-state index is 12.0. The zero-order valence-corrected chi connectivity index (χ0v) is 12.2. The van der Waals surface area contributed by atoms with Crippen molar-refractivity contribution >= 4 is 10.9 Å². The fourth-order valence-corrected chi connectivity index (χ4v) is 2.13. The second kappa shape index (κ2) is 5.16. The highest BCUT2D eigenvalue weighted by Gasteiger charge is 2.19. The van der Waals surface area contributed by atoms with E-state index in [1.54, 1.807) is 18.5 Å². The molecule has 0 aromatic carbocycles. The monoisotopic (exact) mass is 258 g/mol. The molecule has 0 N–H and O–H groups in total. The lowest BCUT2D eigenvalue weighted by atomic mass is 9.80. The highest BCUT2D eigenvalue weighted by atomic mass is 16.1. The van der Waals surface area contributed by atoms with Crippen LogP contribution in [0.25, 0.3) is 10.9 Å². The van der Waals surface area contributed by atoms with Gasteiger partial charge < -0.3 is 4.57 Å². The SMILES string of the molecule is CC(CCn1c(=O)ccc2cnccc21)C(C)(C)C. The molecule has 0 aliphatic carbocycles. The number of rotatable bonds is 3. The molecule has 0 aliphatic heterocycles. The third-order valence-electron chi connectivity index (χ3n) is 4.05. The molecule has 0 radical (unpaired) electrons. The molecule has 2 heterocycles. The molecular weight excluding hydrogens is 236 g/mol. The number of pyridine rings is 2. The van der Waals surface area contributed by atoms with E-state index in [1.807, 2.05) is 16.7 Å². The van der Waals surface area contributed by atoms with Gasteiger partial charge in [0, 0.05) is 30.4 Å². The molecule has 2 aromatic rings. The van der Waals surface area contributed by atoms with Gasteiger partial charge >= 0.3 is 0 Å². The molecule has 1 atom stereocenters. The molecule has 2 rings (SSSR count). The molecule has 2 aromatic heterocycles. The summed E-state index contributed by atoms with van der Waals surface area (Å²) in [7, 11) is 0. The van der Waals surface area contributed by atoms with Gasteiger partial charge in [0.1, 0.15) is 0 Å². The maximum atomic E-state index is 12.0. The van der Waals surface area contributed by atoms with Crippen LogP contribution in [0.1, 0.15) is 34.1 Å². The summed E-state index contributed by atoms with van der Waals surface area (Å²) in [5, 5.41) is 1.02. The van der Waals surface area contributed by atoms with Crippen molar-refractivity contribution < 1.29 is 0 Å². The van der Waals surface area contributed by atoms with E-state index >= 15 is 0 Å². The first-order valence-corrected chi connectivity index (χ1v) is 6.83. The topological polar surface area (TPSA) is 34.9 Å². The van der Waals surface area contributed by atoms with E-state index in [9.17, 15) is 4.79 Å². The fraction of sp³-hybridized carbons (Fsp3) is 0.500. The van der Waals surface area contributed by atoms with Gasteiger partial charge in [-0.05, 0) is 29.9 Å². The Balaban J connectivity index is 2.30. The normalized spacial score (nSPS) is 13.7. The molecule has 0 saturated heterocycles. The van der Waals surface area contributed by atoms with Crippen molar-refractivity contribution in [3.05, 3.63) is 40.9 Å². The molecule has 102 valence electrons.